The summed E-state index contributed by atoms with van der Waals surface area (Å²) in [5.41, 5.74) is 9.39. The van der Waals surface area contributed by atoms with Gasteiger partial charge in [-0.1, -0.05) is 28.9 Å². The van der Waals surface area contributed by atoms with E-state index in [2.05, 4.69) is 15.9 Å². The molecule has 0 atom stereocenters. The second-order valence-electron chi connectivity index (χ2n) is 4.28. The quantitative estimate of drug-likeness (QED) is 0.874. The van der Waals surface area contributed by atoms with Crippen molar-refractivity contribution in [3.05, 3.63) is 38.7 Å². The number of thiophene rings is 1. The van der Waals surface area contributed by atoms with Crippen molar-refractivity contribution in [3.63, 3.8) is 0 Å². The molecule has 1 heterocycles. The largest absolute Gasteiger partial charge is 0.477 e. The maximum Gasteiger partial charge on any atom is 0.348 e. The molecule has 3 N–H and O–H groups in total. The van der Waals surface area contributed by atoms with Gasteiger partial charge in [-0.15, -0.1) is 11.3 Å². The summed E-state index contributed by atoms with van der Waals surface area (Å²) in [5.74, 6) is -0.961. The van der Waals surface area contributed by atoms with Crippen LogP contribution in [0.2, 0.25) is 0 Å². The Bertz CT molecular complexity index is 649. The smallest absolute Gasteiger partial charge is 0.348 e. The number of benzene rings is 1. The summed E-state index contributed by atoms with van der Waals surface area (Å²) in [6.07, 6.45) is 0.722. The van der Waals surface area contributed by atoms with E-state index in [1.807, 2.05) is 32.0 Å². The molecule has 0 spiro atoms. The van der Waals surface area contributed by atoms with Crippen molar-refractivity contribution in [1.82, 2.24) is 0 Å². The zero-order valence-corrected chi connectivity index (χ0v) is 13.1. The monoisotopic (exact) mass is 339 g/mol. The Kier molecular flexibility index (Phi) is 3.96. The molecule has 0 aliphatic carbocycles. The van der Waals surface area contributed by atoms with Gasteiger partial charge in [-0.3, -0.25) is 0 Å². The van der Waals surface area contributed by atoms with Gasteiger partial charge in [-0.2, -0.15) is 0 Å². The van der Waals surface area contributed by atoms with Gasteiger partial charge in [-0.05, 0) is 42.2 Å². The normalized spacial score (nSPS) is 10.7. The Morgan fingerprint density at radius 2 is 2.16 bits per heavy atom. The molecule has 0 unspecified atom stereocenters. The minimum absolute atomic E-state index is 0.229. The Morgan fingerprint density at radius 1 is 1.47 bits per heavy atom. The average Bonchev–Trinajstić information content (AvgIpc) is 2.70. The molecule has 19 heavy (non-hydrogen) atoms. The molecule has 0 aliphatic heterocycles. The first-order chi connectivity index (χ1) is 8.95. The van der Waals surface area contributed by atoms with E-state index in [0.29, 0.717) is 5.69 Å². The van der Waals surface area contributed by atoms with Crippen LogP contribution in [0.15, 0.2) is 22.7 Å². The van der Waals surface area contributed by atoms with E-state index < -0.39 is 5.97 Å². The molecule has 0 radical (unpaired) electrons. The number of aryl methyl sites for hydroxylation is 1. The first-order valence-corrected chi connectivity index (χ1v) is 7.47. The van der Waals surface area contributed by atoms with Crippen molar-refractivity contribution in [2.45, 2.75) is 20.3 Å². The van der Waals surface area contributed by atoms with Crippen LogP contribution < -0.4 is 5.73 Å². The summed E-state index contributed by atoms with van der Waals surface area (Å²) < 4.78 is 1.04. The number of rotatable bonds is 3. The zero-order chi connectivity index (χ0) is 14.2. The SMILES string of the molecule is CCc1c(-c2ccc(Br)c(C)c2)sc(C(=O)O)c1N. The summed E-state index contributed by atoms with van der Waals surface area (Å²) in [5, 5.41) is 9.17. The third-order valence-corrected chi connectivity index (χ3v) is 5.19. The summed E-state index contributed by atoms with van der Waals surface area (Å²) in [6.45, 7) is 3.99. The lowest BCUT2D eigenvalue weighted by atomic mass is 10.0. The van der Waals surface area contributed by atoms with E-state index >= 15 is 0 Å². The van der Waals surface area contributed by atoms with Crippen LogP contribution in [0.3, 0.4) is 0 Å². The van der Waals surface area contributed by atoms with E-state index in [9.17, 15) is 4.79 Å². The summed E-state index contributed by atoms with van der Waals surface area (Å²) in [6, 6.07) is 5.99. The van der Waals surface area contributed by atoms with Crippen molar-refractivity contribution in [2.24, 2.45) is 0 Å². The molecule has 0 amide bonds. The molecule has 5 heteroatoms. The van der Waals surface area contributed by atoms with Gasteiger partial charge in [0.05, 0.1) is 5.69 Å². The molecule has 100 valence electrons. The number of hydrogen-bond acceptors (Lipinski definition) is 3. The Labute approximate surface area is 124 Å². The first-order valence-electron chi connectivity index (χ1n) is 5.86. The number of halogens is 1. The fourth-order valence-corrected chi connectivity index (χ4v) is 3.40. The summed E-state index contributed by atoms with van der Waals surface area (Å²) >= 11 is 4.71. The lowest BCUT2D eigenvalue weighted by Crippen LogP contribution is -1.99. The molecule has 1 aromatic carbocycles. The molecular formula is C14H14BrNO2S. The van der Waals surface area contributed by atoms with Crippen molar-refractivity contribution in [2.75, 3.05) is 5.73 Å². The molecule has 0 aliphatic rings. The van der Waals surface area contributed by atoms with E-state index in [4.69, 9.17) is 10.8 Å². The van der Waals surface area contributed by atoms with Crippen LogP contribution in [0.1, 0.15) is 27.7 Å². The fourth-order valence-electron chi connectivity index (χ4n) is 2.01. The molecule has 2 aromatic rings. The highest BCUT2D eigenvalue weighted by atomic mass is 79.9. The van der Waals surface area contributed by atoms with Gasteiger partial charge in [0.1, 0.15) is 4.88 Å². The first kappa shape index (κ1) is 14.1. The number of carbonyl (C=O) groups is 1. The molecule has 1 aromatic heterocycles. The predicted molar refractivity (Wildman–Crippen MR) is 82.9 cm³/mol. The van der Waals surface area contributed by atoms with E-state index in [0.717, 1.165) is 32.5 Å². The number of carboxylic acids is 1. The van der Waals surface area contributed by atoms with Gasteiger partial charge in [0, 0.05) is 9.35 Å². The summed E-state index contributed by atoms with van der Waals surface area (Å²) in [7, 11) is 0. The van der Waals surface area contributed by atoms with Crippen molar-refractivity contribution >= 4 is 38.9 Å². The Hall–Kier alpha value is -1.33. The predicted octanol–water partition coefficient (Wildman–Crippen LogP) is 4.33. The number of nitrogens with two attached hydrogens (primary N) is 1. The van der Waals surface area contributed by atoms with Crippen LogP contribution in [0.5, 0.6) is 0 Å². The lowest BCUT2D eigenvalue weighted by Gasteiger charge is -2.05. The molecule has 2 rings (SSSR count). The Morgan fingerprint density at radius 3 is 2.68 bits per heavy atom. The van der Waals surface area contributed by atoms with Gasteiger partial charge in [0.15, 0.2) is 0 Å². The third-order valence-electron chi connectivity index (χ3n) is 3.02. The molecule has 0 saturated heterocycles. The van der Waals surface area contributed by atoms with Crippen molar-refractivity contribution in [3.8, 4) is 10.4 Å². The number of hydrogen-bond donors (Lipinski definition) is 2. The van der Waals surface area contributed by atoms with E-state index in [-0.39, 0.29) is 4.88 Å². The van der Waals surface area contributed by atoms with Crippen LogP contribution in [0, 0.1) is 6.92 Å². The van der Waals surface area contributed by atoms with Crippen molar-refractivity contribution in [1.29, 1.82) is 0 Å². The molecule has 3 nitrogen and oxygen atoms in total. The molecule has 0 fully saturated rings. The van der Waals surface area contributed by atoms with Crippen LogP contribution in [-0.4, -0.2) is 11.1 Å². The zero-order valence-electron chi connectivity index (χ0n) is 10.7. The minimum Gasteiger partial charge on any atom is -0.477 e. The second-order valence-corrected chi connectivity index (χ2v) is 6.15. The molecular weight excluding hydrogens is 326 g/mol. The lowest BCUT2D eigenvalue weighted by molar-refractivity contribution is 0.0703. The highest BCUT2D eigenvalue weighted by Crippen LogP contribution is 2.39. The number of aromatic carboxylic acids is 1. The van der Waals surface area contributed by atoms with Gasteiger partial charge in [-0.25, -0.2) is 4.79 Å². The van der Waals surface area contributed by atoms with Gasteiger partial charge < -0.3 is 10.8 Å². The van der Waals surface area contributed by atoms with Gasteiger partial charge in [0.25, 0.3) is 0 Å². The second kappa shape index (κ2) is 5.35. The van der Waals surface area contributed by atoms with Gasteiger partial charge in [0.2, 0.25) is 0 Å². The average molecular weight is 340 g/mol. The maximum atomic E-state index is 11.2. The number of nitrogen functional groups attached to an aromatic ring is 1. The van der Waals surface area contributed by atoms with E-state index in [1.54, 1.807) is 0 Å². The Balaban J connectivity index is 2.64. The minimum atomic E-state index is -0.961. The van der Waals surface area contributed by atoms with Crippen molar-refractivity contribution < 1.29 is 9.90 Å². The van der Waals surface area contributed by atoms with Gasteiger partial charge >= 0.3 is 5.97 Å². The van der Waals surface area contributed by atoms with Crippen LogP contribution in [0.25, 0.3) is 10.4 Å². The molecule has 0 bridgehead atoms. The third kappa shape index (κ3) is 2.53. The fraction of sp³-hybridized carbons (Fsp3) is 0.214. The van der Waals surface area contributed by atoms with Crippen LogP contribution in [0.4, 0.5) is 5.69 Å². The van der Waals surface area contributed by atoms with Crippen LogP contribution in [-0.2, 0) is 6.42 Å². The topological polar surface area (TPSA) is 63.3 Å². The molecule has 0 saturated carbocycles. The number of anilines is 1. The standard InChI is InChI=1S/C14H14BrNO2S/c1-3-9-11(16)13(14(17)18)19-12(9)8-4-5-10(15)7(2)6-8/h4-6H,3,16H2,1-2H3,(H,17,18). The maximum absolute atomic E-state index is 11.2. The number of carboxylic acid groups (broad SMARTS) is 1. The van der Waals surface area contributed by atoms with E-state index in [1.165, 1.54) is 11.3 Å². The highest BCUT2D eigenvalue weighted by molar-refractivity contribution is 9.10. The summed E-state index contributed by atoms with van der Waals surface area (Å²) in [4.78, 5) is 12.4. The highest BCUT2D eigenvalue weighted by Gasteiger charge is 2.20. The van der Waals surface area contributed by atoms with Crippen LogP contribution >= 0.6 is 27.3 Å².